The summed E-state index contributed by atoms with van der Waals surface area (Å²) in [4.78, 5) is 0. The van der Waals surface area contributed by atoms with Crippen LogP contribution in [-0.2, 0) is 5.33 Å². The Hall–Kier alpha value is 0.0700. The molecule has 0 unspecified atom stereocenters. The van der Waals surface area contributed by atoms with Gasteiger partial charge >= 0.3 is 0 Å². The van der Waals surface area contributed by atoms with Gasteiger partial charge in [-0.3, -0.25) is 0 Å². The fourth-order valence-electron chi connectivity index (χ4n) is 1.16. The van der Waals surface area contributed by atoms with Crippen LogP contribution in [-0.4, -0.2) is 0 Å². The van der Waals surface area contributed by atoms with E-state index in [0.717, 1.165) is 15.4 Å². The van der Waals surface area contributed by atoms with Gasteiger partial charge in [0.05, 0.1) is 4.47 Å². The van der Waals surface area contributed by atoms with E-state index in [2.05, 4.69) is 31.9 Å². The van der Waals surface area contributed by atoms with E-state index in [1.807, 2.05) is 18.2 Å². The lowest BCUT2D eigenvalue weighted by Gasteiger charge is -1.94. The second kappa shape index (κ2) is 3.67. The lowest BCUT2D eigenvalue weighted by Crippen LogP contribution is -1.74. The van der Waals surface area contributed by atoms with Gasteiger partial charge in [0.2, 0.25) is 0 Å². The van der Waals surface area contributed by atoms with E-state index in [1.165, 1.54) is 16.9 Å². The smallest absolute Gasteiger partial charge is 0.191 e. The molecule has 0 atom stereocenters. The molecule has 0 bridgehead atoms. The third kappa shape index (κ3) is 1.67. The second-order valence-corrected chi connectivity index (χ2v) is 5.01. The highest BCUT2D eigenvalue weighted by Gasteiger charge is 2.08. The van der Waals surface area contributed by atoms with Crippen molar-refractivity contribution in [1.29, 1.82) is 0 Å². The maximum absolute atomic E-state index is 13.1. The van der Waals surface area contributed by atoms with E-state index in [-0.39, 0.29) is 5.13 Å². The monoisotopic (exact) mass is 322 g/mol. The van der Waals surface area contributed by atoms with Gasteiger partial charge in [-0.05, 0) is 27.6 Å². The Morgan fingerprint density at radius 3 is 2.85 bits per heavy atom. The topological polar surface area (TPSA) is 0 Å². The fourth-order valence-corrected chi connectivity index (χ4v) is 3.11. The highest BCUT2D eigenvalue weighted by Crippen LogP contribution is 2.34. The van der Waals surface area contributed by atoms with Crippen molar-refractivity contribution in [2.45, 2.75) is 5.33 Å². The van der Waals surface area contributed by atoms with E-state index in [9.17, 15) is 4.39 Å². The first kappa shape index (κ1) is 9.62. The molecule has 4 heteroatoms. The molecule has 0 spiro atoms. The Labute approximate surface area is 96.0 Å². The van der Waals surface area contributed by atoms with Crippen molar-refractivity contribution in [3.63, 3.8) is 0 Å². The quantitative estimate of drug-likeness (QED) is 0.667. The molecule has 0 N–H and O–H groups in total. The molecule has 0 amide bonds. The number of fused-ring (bicyclic) bond motifs is 1. The SMILES string of the molecule is Fc1sc2cc(CBr)ccc2c1Br. The average Bonchev–Trinajstić information content (AvgIpc) is 2.42. The maximum atomic E-state index is 13.1. The van der Waals surface area contributed by atoms with Gasteiger partial charge < -0.3 is 0 Å². The highest BCUT2D eigenvalue weighted by molar-refractivity contribution is 9.10. The standard InChI is InChI=1S/C9H5Br2FS/c10-4-5-1-2-6-7(3-5)13-9(12)8(6)11/h1-3H,4H2. The van der Waals surface area contributed by atoms with Crippen LogP contribution in [0, 0.1) is 5.13 Å². The first-order valence-corrected chi connectivity index (χ1v) is 6.38. The molecular weight excluding hydrogens is 319 g/mol. The largest absolute Gasteiger partial charge is 0.194 e. The zero-order valence-electron chi connectivity index (χ0n) is 6.48. The number of hydrogen-bond donors (Lipinski definition) is 0. The number of halogens is 3. The van der Waals surface area contributed by atoms with Gasteiger partial charge in [-0.25, -0.2) is 0 Å². The second-order valence-electron chi connectivity index (χ2n) is 2.65. The van der Waals surface area contributed by atoms with Crippen LogP contribution in [0.2, 0.25) is 0 Å². The van der Waals surface area contributed by atoms with Gasteiger partial charge in [0, 0.05) is 15.4 Å². The normalized spacial score (nSPS) is 11.0. The summed E-state index contributed by atoms with van der Waals surface area (Å²) in [6.45, 7) is 0. The van der Waals surface area contributed by atoms with Gasteiger partial charge in [-0.1, -0.05) is 28.1 Å². The van der Waals surface area contributed by atoms with E-state index in [0.29, 0.717) is 4.47 Å². The summed E-state index contributed by atoms with van der Waals surface area (Å²) in [6.07, 6.45) is 0. The molecule has 13 heavy (non-hydrogen) atoms. The number of hydrogen-bond acceptors (Lipinski definition) is 1. The molecular formula is C9H5Br2FS. The molecule has 2 rings (SSSR count). The van der Waals surface area contributed by atoms with Crippen LogP contribution in [0.25, 0.3) is 10.1 Å². The van der Waals surface area contributed by atoms with Gasteiger partial charge in [0.1, 0.15) is 0 Å². The molecule has 68 valence electrons. The molecule has 0 saturated carbocycles. The molecule has 0 aliphatic heterocycles. The zero-order chi connectivity index (χ0) is 9.42. The number of rotatable bonds is 1. The summed E-state index contributed by atoms with van der Waals surface area (Å²) < 4.78 is 14.7. The molecule has 0 nitrogen and oxygen atoms in total. The molecule has 0 radical (unpaired) electrons. The van der Waals surface area contributed by atoms with Crippen molar-refractivity contribution in [1.82, 2.24) is 0 Å². The Morgan fingerprint density at radius 2 is 2.15 bits per heavy atom. The first-order chi connectivity index (χ1) is 6.22. The third-order valence-corrected chi connectivity index (χ3v) is 4.44. The number of benzene rings is 1. The molecule has 1 aromatic heterocycles. The Kier molecular flexibility index (Phi) is 2.72. The molecule has 0 aliphatic carbocycles. The number of alkyl halides is 1. The van der Waals surface area contributed by atoms with Crippen molar-refractivity contribution < 1.29 is 4.39 Å². The van der Waals surface area contributed by atoms with Gasteiger partial charge in [0.25, 0.3) is 0 Å². The van der Waals surface area contributed by atoms with Crippen molar-refractivity contribution in [2.75, 3.05) is 0 Å². The summed E-state index contributed by atoms with van der Waals surface area (Å²) in [5.41, 5.74) is 1.17. The maximum Gasteiger partial charge on any atom is 0.191 e. The molecule has 2 aromatic rings. The Bertz CT molecular complexity index is 450. The van der Waals surface area contributed by atoms with Crippen molar-refractivity contribution in [2.24, 2.45) is 0 Å². The van der Waals surface area contributed by atoms with Crippen LogP contribution >= 0.6 is 43.2 Å². The van der Waals surface area contributed by atoms with Gasteiger partial charge in [-0.15, -0.1) is 11.3 Å². The van der Waals surface area contributed by atoms with Crippen molar-refractivity contribution >= 4 is 53.3 Å². The van der Waals surface area contributed by atoms with Crippen LogP contribution < -0.4 is 0 Å². The van der Waals surface area contributed by atoms with Crippen LogP contribution in [0.3, 0.4) is 0 Å². The highest BCUT2D eigenvalue weighted by atomic mass is 79.9. The minimum atomic E-state index is -0.151. The fraction of sp³-hybridized carbons (Fsp3) is 0.111. The van der Waals surface area contributed by atoms with Gasteiger partial charge in [0.15, 0.2) is 5.13 Å². The van der Waals surface area contributed by atoms with Crippen LogP contribution in [0.5, 0.6) is 0 Å². The first-order valence-electron chi connectivity index (χ1n) is 3.65. The van der Waals surface area contributed by atoms with E-state index in [4.69, 9.17) is 0 Å². The number of thiophene rings is 1. The average molecular weight is 324 g/mol. The zero-order valence-corrected chi connectivity index (χ0v) is 10.5. The molecule has 1 aromatic carbocycles. The lowest BCUT2D eigenvalue weighted by atomic mass is 10.2. The lowest BCUT2D eigenvalue weighted by molar-refractivity contribution is 0.652. The van der Waals surface area contributed by atoms with Crippen molar-refractivity contribution in [3.05, 3.63) is 33.4 Å². The molecule has 0 fully saturated rings. The minimum Gasteiger partial charge on any atom is -0.194 e. The molecule has 0 saturated heterocycles. The Balaban J connectivity index is 2.73. The van der Waals surface area contributed by atoms with Crippen LogP contribution in [0.4, 0.5) is 4.39 Å². The van der Waals surface area contributed by atoms with E-state index < -0.39 is 0 Å². The summed E-state index contributed by atoms with van der Waals surface area (Å²) in [5, 5.41) is 1.61. The van der Waals surface area contributed by atoms with Crippen LogP contribution in [0.1, 0.15) is 5.56 Å². The van der Waals surface area contributed by atoms with Crippen LogP contribution in [0.15, 0.2) is 22.7 Å². The van der Waals surface area contributed by atoms with E-state index >= 15 is 0 Å². The summed E-state index contributed by atoms with van der Waals surface area (Å²) in [7, 11) is 0. The van der Waals surface area contributed by atoms with Gasteiger partial charge in [-0.2, -0.15) is 4.39 Å². The predicted molar refractivity (Wildman–Crippen MR) is 62.1 cm³/mol. The predicted octanol–water partition coefficient (Wildman–Crippen LogP) is 4.70. The molecule has 1 heterocycles. The third-order valence-electron chi connectivity index (χ3n) is 1.81. The Morgan fingerprint density at radius 1 is 1.38 bits per heavy atom. The minimum absolute atomic E-state index is 0.151. The van der Waals surface area contributed by atoms with Crippen molar-refractivity contribution in [3.8, 4) is 0 Å². The molecule has 0 aliphatic rings. The summed E-state index contributed by atoms with van der Waals surface area (Å²) in [5.74, 6) is 0. The summed E-state index contributed by atoms with van der Waals surface area (Å²) in [6, 6.07) is 5.94. The van der Waals surface area contributed by atoms with E-state index in [1.54, 1.807) is 0 Å². The summed E-state index contributed by atoms with van der Waals surface area (Å²) >= 11 is 7.76.